The third kappa shape index (κ3) is 5.89. The molecule has 2 aromatic rings. The molecular weight excluding hydrogens is 450 g/mol. The standard InChI is InChI=1S/C22H31N5O3S.ClH/c1-30-21-7-10-23-22(24-21)27-15-13-26(14-16-27)19-8-11-25(12-9-19)17-18-5-3-4-6-20(18)31(2,28)29;/h3-7,10,19H,8-9,11-17H2,1-2H3;1H. The van der Waals surface area contributed by atoms with E-state index in [2.05, 4.69) is 24.7 Å². The Hall–Kier alpha value is -1.94. The number of benzene rings is 1. The Morgan fingerprint density at radius 2 is 1.72 bits per heavy atom. The van der Waals surface area contributed by atoms with Crippen molar-refractivity contribution in [2.45, 2.75) is 30.3 Å². The second-order valence-corrected chi connectivity index (χ2v) is 10.3. The quantitative estimate of drug-likeness (QED) is 0.620. The van der Waals surface area contributed by atoms with Crippen molar-refractivity contribution in [2.24, 2.45) is 0 Å². The Kier molecular flexibility index (Phi) is 8.32. The molecule has 0 unspecified atom stereocenters. The number of ether oxygens (including phenoxy) is 1. The molecule has 0 amide bonds. The van der Waals surface area contributed by atoms with Gasteiger partial charge in [0.1, 0.15) is 0 Å². The number of hydrogen-bond donors (Lipinski definition) is 0. The lowest BCUT2D eigenvalue weighted by molar-refractivity contribution is 0.0992. The maximum Gasteiger partial charge on any atom is 0.228 e. The molecule has 8 nitrogen and oxygen atoms in total. The van der Waals surface area contributed by atoms with Gasteiger partial charge in [-0.3, -0.25) is 9.80 Å². The van der Waals surface area contributed by atoms with E-state index in [-0.39, 0.29) is 12.4 Å². The lowest BCUT2D eigenvalue weighted by Gasteiger charge is -2.42. The van der Waals surface area contributed by atoms with Crippen molar-refractivity contribution in [3.63, 3.8) is 0 Å². The fourth-order valence-corrected chi connectivity index (χ4v) is 5.50. The summed E-state index contributed by atoms with van der Waals surface area (Å²) in [6, 6.07) is 9.70. The van der Waals surface area contributed by atoms with E-state index in [1.54, 1.807) is 31.5 Å². The van der Waals surface area contributed by atoms with Crippen LogP contribution in [-0.4, -0.2) is 86.9 Å². The summed E-state index contributed by atoms with van der Waals surface area (Å²) in [5.41, 5.74) is 0.898. The molecule has 2 fully saturated rings. The Balaban J connectivity index is 0.00000289. The second kappa shape index (κ2) is 10.8. The lowest BCUT2D eigenvalue weighted by Crippen LogP contribution is -2.53. The van der Waals surface area contributed by atoms with Gasteiger partial charge in [0.25, 0.3) is 0 Å². The number of anilines is 1. The molecule has 0 radical (unpaired) electrons. The first-order chi connectivity index (χ1) is 14.9. The normalized spacial score (nSPS) is 18.9. The van der Waals surface area contributed by atoms with Crippen LogP contribution in [0.5, 0.6) is 5.88 Å². The number of hydrogen-bond acceptors (Lipinski definition) is 8. The van der Waals surface area contributed by atoms with Gasteiger partial charge in [-0.05, 0) is 37.6 Å². The van der Waals surface area contributed by atoms with Gasteiger partial charge in [-0.1, -0.05) is 18.2 Å². The predicted octanol–water partition coefficient (Wildman–Crippen LogP) is 2.10. The predicted molar refractivity (Wildman–Crippen MR) is 127 cm³/mol. The van der Waals surface area contributed by atoms with Crippen LogP contribution in [0, 0.1) is 0 Å². The van der Waals surface area contributed by atoms with Crippen molar-refractivity contribution >= 4 is 28.2 Å². The van der Waals surface area contributed by atoms with E-state index in [9.17, 15) is 8.42 Å². The first-order valence-corrected chi connectivity index (χ1v) is 12.7. The number of aromatic nitrogens is 2. The van der Waals surface area contributed by atoms with Gasteiger partial charge in [-0.25, -0.2) is 13.4 Å². The molecule has 176 valence electrons. The third-order valence-electron chi connectivity index (χ3n) is 6.26. The molecule has 1 aromatic carbocycles. The van der Waals surface area contributed by atoms with Crippen molar-refractivity contribution in [3.05, 3.63) is 42.1 Å². The van der Waals surface area contributed by atoms with Gasteiger partial charge < -0.3 is 9.64 Å². The first kappa shape index (κ1) is 24.7. The molecule has 0 aliphatic carbocycles. The van der Waals surface area contributed by atoms with Gasteiger partial charge in [-0.2, -0.15) is 4.98 Å². The fraction of sp³-hybridized carbons (Fsp3) is 0.545. The zero-order valence-corrected chi connectivity index (χ0v) is 20.3. The van der Waals surface area contributed by atoms with Crippen LogP contribution in [-0.2, 0) is 16.4 Å². The number of rotatable bonds is 6. The van der Waals surface area contributed by atoms with Crippen molar-refractivity contribution in [2.75, 3.05) is 57.5 Å². The molecule has 0 saturated carbocycles. The van der Waals surface area contributed by atoms with Gasteiger partial charge >= 0.3 is 0 Å². The van der Waals surface area contributed by atoms with E-state index in [0.29, 0.717) is 23.4 Å². The van der Waals surface area contributed by atoms with Crippen LogP contribution < -0.4 is 9.64 Å². The molecule has 0 atom stereocenters. The van der Waals surface area contributed by atoms with E-state index in [1.165, 1.54) is 6.26 Å². The van der Waals surface area contributed by atoms with E-state index in [4.69, 9.17) is 4.74 Å². The van der Waals surface area contributed by atoms with E-state index in [0.717, 1.165) is 63.6 Å². The average molecular weight is 482 g/mol. The minimum absolute atomic E-state index is 0. The van der Waals surface area contributed by atoms with Crippen LogP contribution >= 0.6 is 12.4 Å². The molecule has 2 aliphatic heterocycles. The smallest absolute Gasteiger partial charge is 0.228 e. The van der Waals surface area contributed by atoms with E-state index in [1.807, 2.05) is 12.1 Å². The van der Waals surface area contributed by atoms with Crippen LogP contribution in [0.25, 0.3) is 0 Å². The van der Waals surface area contributed by atoms with E-state index >= 15 is 0 Å². The SMILES string of the molecule is COc1ccnc(N2CCN(C3CCN(Cc4ccccc4S(C)(=O)=O)CC3)CC2)n1.Cl. The molecule has 1 aromatic heterocycles. The highest BCUT2D eigenvalue weighted by atomic mass is 35.5. The summed E-state index contributed by atoms with van der Waals surface area (Å²) >= 11 is 0. The van der Waals surface area contributed by atoms with Crippen molar-refractivity contribution in [3.8, 4) is 5.88 Å². The van der Waals surface area contributed by atoms with Crippen LogP contribution in [0.1, 0.15) is 18.4 Å². The zero-order chi connectivity index (χ0) is 21.8. The number of piperidine rings is 1. The Morgan fingerprint density at radius 1 is 1.03 bits per heavy atom. The van der Waals surface area contributed by atoms with Crippen molar-refractivity contribution in [1.82, 2.24) is 19.8 Å². The highest BCUT2D eigenvalue weighted by molar-refractivity contribution is 7.90. The molecule has 32 heavy (non-hydrogen) atoms. The Labute approximate surface area is 196 Å². The molecule has 10 heteroatoms. The van der Waals surface area contributed by atoms with Crippen LogP contribution in [0.2, 0.25) is 0 Å². The maximum absolute atomic E-state index is 12.1. The maximum atomic E-state index is 12.1. The zero-order valence-electron chi connectivity index (χ0n) is 18.7. The van der Waals surface area contributed by atoms with Gasteiger partial charge in [0.15, 0.2) is 9.84 Å². The first-order valence-electron chi connectivity index (χ1n) is 10.8. The number of piperazine rings is 1. The minimum atomic E-state index is -3.20. The fourth-order valence-electron chi connectivity index (χ4n) is 4.57. The number of sulfone groups is 1. The van der Waals surface area contributed by atoms with Gasteiger partial charge in [0, 0.05) is 57.3 Å². The number of methoxy groups -OCH3 is 1. The summed E-state index contributed by atoms with van der Waals surface area (Å²) in [7, 11) is -1.58. The molecule has 0 spiro atoms. The summed E-state index contributed by atoms with van der Waals surface area (Å²) in [4.78, 5) is 16.5. The monoisotopic (exact) mass is 481 g/mol. The molecule has 3 heterocycles. The summed E-state index contributed by atoms with van der Waals surface area (Å²) in [6.45, 7) is 6.50. The summed E-state index contributed by atoms with van der Waals surface area (Å²) < 4.78 is 29.4. The largest absolute Gasteiger partial charge is 0.481 e. The minimum Gasteiger partial charge on any atom is -0.481 e. The number of likely N-dealkylation sites (tertiary alicyclic amines) is 1. The topological polar surface area (TPSA) is 78.9 Å². The van der Waals surface area contributed by atoms with Crippen LogP contribution in [0.15, 0.2) is 41.4 Å². The highest BCUT2D eigenvalue weighted by Gasteiger charge is 2.28. The van der Waals surface area contributed by atoms with E-state index < -0.39 is 9.84 Å². The summed E-state index contributed by atoms with van der Waals surface area (Å²) in [5.74, 6) is 1.33. The summed E-state index contributed by atoms with van der Waals surface area (Å²) in [6.07, 6.45) is 5.24. The summed E-state index contributed by atoms with van der Waals surface area (Å²) in [5, 5.41) is 0. The molecule has 2 saturated heterocycles. The second-order valence-electron chi connectivity index (χ2n) is 8.31. The van der Waals surface area contributed by atoms with Gasteiger partial charge in [0.05, 0.1) is 12.0 Å². The van der Waals surface area contributed by atoms with Gasteiger partial charge in [-0.15, -0.1) is 12.4 Å². The lowest BCUT2D eigenvalue weighted by atomic mass is 10.0. The number of nitrogens with zero attached hydrogens (tertiary/aromatic N) is 5. The molecular formula is C22H32ClN5O3S. The van der Waals surface area contributed by atoms with Gasteiger partial charge in [0.2, 0.25) is 11.8 Å². The molecule has 0 N–H and O–H groups in total. The van der Waals surface area contributed by atoms with Crippen LogP contribution in [0.4, 0.5) is 5.95 Å². The third-order valence-corrected chi connectivity index (χ3v) is 7.46. The van der Waals surface area contributed by atoms with Crippen molar-refractivity contribution < 1.29 is 13.2 Å². The molecule has 4 rings (SSSR count). The number of halogens is 1. The highest BCUT2D eigenvalue weighted by Crippen LogP contribution is 2.23. The van der Waals surface area contributed by atoms with Crippen molar-refractivity contribution in [1.29, 1.82) is 0 Å². The van der Waals surface area contributed by atoms with Crippen LogP contribution in [0.3, 0.4) is 0 Å². The average Bonchev–Trinajstić information content (AvgIpc) is 2.79. The molecule has 2 aliphatic rings. The Bertz CT molecular complexity index is 991. The Morgan fingerprint density at radius 3 is 2.38 bits per heavy atom. The molecule has 0 bridgehead atoms.